The first kappa shape index (κ1) is 25.9. The van der Waals surface area contributed by atoms with E-state index in [1.807, 2.05) is 0 Å². The quantitative estimate of drug-likeness (QED) is 0.172. The molecule has 0 spiro atoms. The van der Waals surface area contributed by atoms with Crippen LogP contribution in [0, 0.1) is 0 Å². The molecule has 0 bridgehead atoms. The lowest BCUT2D eigenvalue weighted by Crippen LogP contribution is -1.90. The van der Waals surface area contributed by atoms with Crippen molar-refractivity contribution in [3.05, 3.63) is 170 Å². The zero-order valence-corrected chi connectivity index (χ0v) is 26.2. The van der Waals surface area contributed by atoms with Gasteiger partial charge in [-0.3, -0.25) is 0 Å². The van der Waals surface area contributed by atoms with Gasteiger partial charge in [0.25, 0.3) is 0 Å². The van der Waals surface area contributed by atoms with Crippen LogP contribution >= 0.6 is 0 Å². The van der Waals surface area contributed by atoms with Crippen LogP contribution in [0.1, 0.15) is 0 Å². The molecule has 11 rings (SSSR count). The molecule has 0 atom stereocenters. The zero-order chi connectivity index (χ0) is 31.3. The topological polar surface area (TPSA) is 0 Å². The third kappa shape index (κ3) is 3.55. The number of hydrogen-bond acceptors (Lipinski definition) is 0. The predicted octanol–water partition coefficient (Wildman–Crippen LogP) is 13.7. The highest BCUT2D eigenvalue weighted by atomic mass is 14.2. The Balaban J connectivity index is 1.15. The van der Waals surface area contributed by atoms with Gasteiger partial charge in [0.1, 0.15) is 0 Å². The van der Waals surface area contributed by atoms with Crippen LogP contribution in [0.25, 0.3) is 108 Å². The average molecular weight is 605 g/mol. The van der Waals surface area contributed by atoms with E-state index in [1.54, 1.807) is 0 Å². The molecule has 0 aromatic heterocycles. The van der Waals surface area contributed by atoms with Crippen LogP contribution < -0.4 is 0 Å². The molecule has 11 aromatic carbocycles. The van der Waals surface area contributed by atoms with Gasteiger partial charge in [-0.2, -0.15) is 0 Å². The minimum Gasteiger partial charge on any atom is -0.0616 e. The van der Waals surface area contributed by atoms with Crippen molar-refractivity contribution < 1.29 is 0 Å². The maximum atomic E-state index is 2.42. The zero-order valence-electron chi connectivity index (χ0n) is 26.2. The third-order valence-corrected chi connectivity index (χ3v) is 10.8. The highest BCUT2D eigenvalue weighted by Gasteiger charge is 2.16. The van der Waals surface area contributed by atoms with E-state index < -0.39 is 0 Å². The summed E-state index contributed by atoms with van der Waals surface area (Å²) < 4.78 is 0. The van der Waals surface area contributed by atoms with Crippen molar-refractivity contribution in [1.82, 2.24) is 0 Å². The molecule has 0 heteroatoms. The van der Waals surface area contributed by atoms with Gasteiger partial charge in [0.2, 0.25) is 0 Å². The molecule has 0 amide bonds. The third-order valence-electron chi connectivity index (χ3n) is 10.8. The normalized spacial score (nSPS) is 12.2. The van der Waals surface area contributed by atoms with Gasteiger partial charge in [0.15, 0.2) is 0 Å². The highest BCUT2D eigenvalue weighted by molar-refractivity contribution is 6.29. The van der Waals surface area contributed by atoms with Gasteiger partial charge in [-0.05, 0) is 121 Å². The molecule has 0 saturated carbocycles. The van der Waals surface area contributed by atoms with E-state index >= 15 is 0 Å². The van der Waals surface area contributed by atoms with Crippen LogP contribution in [0.15, 0.2) is 170 Å². The smallest absolute Gasteiger partial charge is 0.00203 e. The Morgan fingerprint density at radius 3 is 1.23 bits per heavy atom. The van der Waals surface area contributed by atoms with Crippen LogP contribution in [0.5, 0.6) is 0 Å². The predicted molar refractivity (Wildman–Crippen MR) is 209 cm³/mol. The van der Waals surface area contributed by atoms with Crippen molar-refractivity contribution in [3.63, 3.8) is 0 Å². The Labute approximate surface area is 277 Å². The lowest BCUT2D eigenvalue weighted by atomic mass is 9.86. The Hall–Kier alpha value is -6.24. The molecule has 0 saturated heterocycles. The summed E-state index contributed by atoms with van der Waals surface area (Å²) in [5.41, 5.74) is 5.06. The van der Waals surface area contributed by atoms with Crippen LogP contribution in [-0.4, -0.2) is 0 Å². The van der Waals surface area contributed by atoms with E-state index in [2.05, 4.69) is 170 Å². The minimum atomic E-state index is 1.25. The largest absolute Gasteiger partial charge is 0.0616 e. The van der Waals surface area contributed by atoms with Crippen LogP contribution in [0.2, 0.25) is 0 Å². The fourth-order valence-corrected chi connectivity index (χ4v) is 8.56. The summed E-state index contributed by atoms with van der Waals surface area (Å²) in [5, 5.41) is 20.9. The van der Waals surface area contributed by atoms with E-state index in [9.17, 15) is 0 Å². The molecule has 0 aliphatic heterocycles. The Bertz CT molecular complexity index is 3070. The first-order valence-electron chi connectivity index (χ1n) is 16.8. The summed E-state index contributed by atoms with van der Waals surface area (Å²) in [5.74, 6) is 0. The number of benzene rings is 11. The van der Waals surface area contributed by atoms with E-state index in [0.29, 0.717) is 0 Å². The molecule has 220 valence electrons. The first-order valence-corrected chi connectivity index (χ1v) is 16.8. The van der Waals surface area contributed by atoms with Crippen LogP contribution in [-0.2, 0) is 0 Å². The summed E-state index contributed by atoms with van der Waals surface area (Å²) in [6.07, 6.45) is 0. The number of hydrogen-bond donors (Lipinski definition) is 0. The van der Waals surface area contributed by atoms with Crippen molar-refractivity contribution in [3.8, 4) is 22.3 Å². The lowest BCUT2D eigenvalue weighted by Gasteiger charge is -2.17. The summed E-state index contributed by atoms with van der Waals surface area (Å²) in [7, 11) is 0. The molecule has 11 aromatic rings. The molecule has 0 aliphatic carbocycles. The molecule has 0 fully saturated rings. The fraction of sp³-hybridized carbons (Fsp3) is 0. The second-order valence-electron chi connectivity index (χ2n) is 13.2. The maximum Gasteiger partial charge on any atom is -0.00203 e. The second kappa shape index (κ2) is 9.64. The Morgan fingerprint density at radius 2 is 0.604 bits per heavy atom. The summed E-state index contributed by atoms with van der Waals surface area (Å²) in [6.45, 7) is 0. The molecule has 0 aliphatic rings. The summed E-state index contributed by atoms with van der Waals surface area (Å²) >= 11 is 0. The molecule has 48 heavy (non-hydrogen) atoms. The number of fused-ring (bicyclic) bond motifs is 9. The van der Waals surface area contributed by atoms with Gasteiger partial charge in [0.05, 0.1) is 0 Å². The first-order chi connectivity index (χ1) is 23.8. The van der Waals surface area contributed by atoms with E-state index in [1.165, 1.54) is 108 Å². The molecule has 0 radical (unpaired) electrons. The average Bonchev–Trinajstić information content (AvgIpc) is 3.16. The molecule has 0 N–H and O–H groups in total. The number of rotatable bonds is 2. The van der Waals surface area contributed by atoms with Crippen molar-refractivity contribution in [1.29, 1.82) is 0 Å². The van der Waals surface area contributed by atoms with Gasteiger partial charge in [-0.25, -0.2) is 0 Å². The van der Waals surface area contributed by atoms with Crippen molar-refractivity contribution >= 4 is 86.2 Å². The second-order valence-corrected chi connectivity index (χ2v) is 13.2. The van der Waals surface area contributed by atoms with Gasteiger partial charge in [-0.1, -0.05) is 158 Å². The summed E-state index contributed by atoms with van der Waals surface area (Å²) in [4.78, 5) is 0. The molecular weight excluding hydrogens is 577 g/mol. The van der Waals surface area contributed by atoms with Crippen molar-refractivity contribution in [2.75, 3.05) is 0 Å². The Kier molecular flexibility index (Phi) is 5.20. The van der Waals surface area contributed by atoms with E-state index in [4.69, 9.17) is 0 Å². The van der Waals surface area contributed by atoms with Crippen LogP contribution in [0.4, 0.5) is 0 Å². The molecule has 0 unspecified atom stereocenters. The molecule has 0 nitrogen and oxygen atoms in total. The van der Waals surface area contributed by atoms with Gasteiger partial charge >= 0.3 is 0 Å². The van der Waals surface area contributed by atoms with E-state index in [0.717, 1.165) is 0 Å². The highest BCUT2D eigenvalue weighted by Crippen LogP contribution is 2.44. The standard InChI is InChI=1S/C48H28/c1-2-8-35-29(7-1)13-14-32-27-33(19-23-36(32)35)37-21-15-30-18-26-45-38(22-16-31-17-25-44(37)47(30)48(31)45)34-20-24-43-41-11-4-3-9-39(41)40-10-5-6-12-42(40)46(43)28-34/h1-28H. The molecule has 0 heterocycles. The van der Waals surface area contributed by atoms with Crippen molar-refractivity contribution in [2.24, 2.45) is 0 Å². The Morgan fingerprint density at radius 1 is 0.208 bits per heavy atom. The van der Waals surface area contributed by atoms with Gasteiger partial charge in [-0.15, -0.1) is 0 Å². The SMILES string of the molecule is c1ccc2c(c1)ccc1cc(-c3ccc4ccc5c(-c6ccc7c8ccccc8c8ccccc8c7c6)ccc6ccc3c4c65)ccc12. The maximum absolute atomic E-state index is 2.42. The molecular formula is C48H28. The lowest BCUT2D eigenvalue weighted by molar-refractivity contribution is 1.69. The van der Waals surface area contributed by atoms with Gasteiger partial charge in [0, 0.05) is 0 Å². The monoisotopic (exact) mass is 604 g/mol. The van der Waals surface area contributed by atoms with E-state index in [-0.39, 0.29) is 0 Å². The summed E-state index contributed by atoms with van der Waals surface area (Å²) in [6, 6.07) is 63.4. The van der Waals surface area contributed by atoms with Gasteiger partial charge < -0.3 is 0 Å². The van der Waals surface area contributed by atoms with Crippen LogP contribution in [0.3, 0.4) is 0 Å². The fourth-order valence-electron chi connectivity index (χ4n) is 8.56. The minimum absolute atomic E-state index is 1.25. The van der Waals surface area contributed by atoms with Crippen molar-refractivity contribution in [2.45, 2.75) is 0 Å².